The van der Waals surface area contributed by atoms with E-state index in [0.29, 0.717) is 11.3 Å². The van der Waals surface area contributed by atoms with E-state index in [1.165, 1.54) is 6.92 Å². The number of carbonyl (C=O) groups is 1. The average molecular weight is 228 g/mol. The molecule has 1 aromatic carbocycles. The molecule has 1 amide bonds. The summed E-state index contributed by atoms with van der Waals surface area (Å²) in [6, 6.07) is 6.63. The van der Waals surface area contributed by atoms with Crippen LogP contribution in [0.5, 0.6) is 0 Å². The lowest BCUT2D eigenvalue weighted by Crippen LogP contribution is -2.09. The zero-order chi connectivity index (χ0) is 11.4. The van der Waals surface area contributed by atoms with Crippen LogP contribution in [0.15, 0.2) is 24.3 Å². The van der Waals surface area contributed by atoms with Gasteiger partial charge in [-0.15, -0.1) is 0 Å². The Bertz CT molecular complexity index is 340. The van der Waals surface area contributed by atoms with Gasteiger partial charge in [-0.1, -0.05) is 12.1 Å². The van der Waals surface area contributed by atoms with Crippen LogP contribution in [0, 0.1) is 0 Å². The number of benzene rings is 1. The molecule has 1 unspecified atom stereocenters. The van der Waals surface area contributed by atoms with Crippen LogP contribution in [0.4, 0.5) is 5.69 Å². The van der Waals surface area contributed by atoms with Crippen LogP contribution < -0.4 is 11.1 Å². The molecule has 5 nitrogen and oxygen atoms in total. The van der Waals surface area contributed by atoms with E-state index in [4.69, 9.17) is 15.5 Å². The number of nitrogens with two attached hydrogens (primary N) is 1. The van der Waals surface area contributed by atoms with Crippen molar-refractivity contribution in [2.24, 2.45) is 5.73 Å². The molecular formula is C9H13N2O3P. The molecule has 0 radical (unpaired) electrons. The van der Waals surface area contributed by atoms with E-state index in [0.717, 1.165) is 0 Å². The van der Waals surface area contributed by atoms with E-state index >= 15 is 0 Å². The molecule has 0 aromatic heterocycles. The fourth-order valence-corrected chi connectivity index (χ4v) is 1.54. The second kappa shape index (κ2) is 5.19. The number of rotatable bonds is 3. The Hall–Kier alpha value is -1.00. The molecule has 1 aromatic rings. The van der Waals surface area contributed by atoms with Crippen molar-refractivity contribution in [3.63, 3.8) is 0 Å². The Labute approximate surface area is 88.8 Å². The molecule has 6 heteroatoms. The number of anilines is 1. The van der Waals surface area contributed by atoms with Gasteiger partial charge in [-0.05, 0) is 17.7 Å². The molecule has 0 saturated heterocycles. The summed E-state index contributed by atoms with van der Waals surface area (Å²) in [5, 5.41) is 2.60. The minimum absolute atomic E-state index is 0.154. The van der Waals surface area contributed by atoms with Gasteiger partial charge in [-0.25, -0.2) is 0 Å². The second-order valence-electron chi connectivity index (χ2n) is 3.07. The summed E-state index contributed by atoms with van der Waals surface area (Å²) in [5.41, 5.74) is 6.81. The first kappa shape index (κ1) is 12.1. The Morgan fingerprint density at radius 3 is 2.33 bits per heavy atom. The van der Waals surface area contributed by atoms with Gasteiger partial charge < -0.3 is 20.8 Å². The summed E-state index contributed by atoms with van der Waals surface area (Å²) in [6.45, 7) is 1.42. The van der Waals surface area contributed by atoms with E-state index in [-0.39, 0.29) is 5.91 Å². The third-order valence-electron chi connectivity index (χ3n) is 1.82. The lowest BCUT2D eigenvalue weighted by Gasteiger charge is -2.13. The Morgan fingerprint density at radius 1 is 1.40 bits per heavy atom. The van der Waals surface area contributed by atoms with Crippen LogP contribution >= 0.6 is 8.38 Å². The van der Waals surface area contributed by atoms with Crippen molar-refractivity contribution >= 4 is 20.0 Å². The monoisotopic (exact) mass is 228 g/mol. The van der Waals surface area contributed by atoms with Gasteiger partial charge in [-0.2, -0.15) is 0 Å². The number of hydrogen-bond acceptors (Lipinski definition) is 4. The maximum absolute atomic E-state index is 10.7. The van der Waals surface area contributed by atoms with E-state index in [1.807, 2.05) is 0 Å². The van der Waals surface area contributed by atoms with E-state index in [9.17, 15) is 4.79 Å². The van der Waals surface area contributed by atoms with E-state index in [1.54, 1.807) is 24.3 Å². The highest BCUT2D eigenvalue weighted by molar-refractivity contribution is 7.45. The Kier molecular flexibility index (Phi) is 4.17. The third kappa shape index (κ3) is 3.57. The van der Waals surface area contributed by atoms with Crippen LogP contribution in [-0.2, 0) is 4.79 Å². The predicted molar refractivity (Wildman–Crippen MR) is 59.0 cm³/mol. The molecule has 0 saturated carbocycles. The zero-order valence-electron chi connectivity index (χ0n) is 8.21. The highest BCUT2D eigenvalue weighted by atomic mass is 31.2. The highest BCUT2D eigenvalue weighted by Crippen LogP contribution is 2.39. The highest BCUT2D eigenvalue weighted by Gasteiger charge is 2.14. The van der Waals surface area contributed by atoms with Crippen LogP contribution in [0.25, 0.3) is 0 Å². The second-order valence-corrected chi connectivity index (χ2v) is 4.27. The Balaban J connectivity index is 2.76. The predicted octanol–water partition coefficient (Wildman–Crippen LogP) is 0.899. The molecule has 0 spiro atoms. The molecule has 0 heterocycles. The molecule has 0 aliphatic carbocycles. The van der Waals surface area contributed by atoms with Crippen molar-refractivity contribution in [3.8, 4) is 0 Å². The van der Waals surface area contributed by atoms with Crippen molar-refractivity contribution in [2.75, 3.05) is 5.32 Å². The van der Waals surface area contributed by atoms with Gasteiger partial charge >= 0.3 is 0 Å². The molecule has 5 N–H and O–H groups in total. The van der Waals surface area contributed by atoms with Gasteiger partial charge in [0, 0.05) is 12.6 Å². The minimum Gasteiger partial charge on any atom is -0.349 e. The van der Waals surface area contributed by atoms with E-state index < -0.39 is 14.2 Å². The number of carbonyl (C=O) groups excluding carboxylic acids is 1. The SMILES string of the molecule is CC(=O)Nc1ccc(C(N)P(O)O)cc1. The number of hydrogen-bond donors (Lipinski definition) is 4. The summed E-state index contributed by atoms with van der Waals surface area (Å²) in [7, 11) is -2.17. The standard InChI is InChI=1S/C9H13N2O3P/c1-6(12)11-8-4-2-7(3-5-8)9(10)15(13)14/h2-5,9,13-14H,10H2,1H3,(H,11,12). The summed E-state index contributed by atoms with van der Waals surface area (Å²) in [6.07, 6.45) is 0. The molecule has 1 atom stereocenters. The van der Waals surface area contributed by atoms with Gasteiger partial charge in [0.05, 0.1) is 0 Å². The first-order valence-corrected chi connectivity index (χ1v) is 5.62. The van der Waals surface area contributed by atoms with Crippen LogP contribution in [0.3, 0.4) is 0 Å². The molecule has 0 aliphatic rings. The van der Waals surface area contributed by atoms with Crippen LogP contribution in [0.2, 0.25) is 0 Å². The summed E-state index contributed by atoms with van der Waals surface area (Å²) in [5.74, 6) is -0.926. The molecule has 0 fully saturated rings. The zero-order valence-corrected chi connectivity index (χ0v) is 9.11. The van der Waals surface area contributed by atoms with Crippen molar-refractivity contribution < 1.29 is 14.6 Å². The average Bonchev–Trinajstić information content (AvgIpc) is 2.17. The maximum atomic E-state index is 10.7. The molecule has 82 valence electrons. The van der Waals surface area contributed by atoms with Crippen LogP contribution in [0.1, 0.15) is 18.3 Å². The topological polar surface area (TPSA) is 95.6 Å². The minimum atomic E-state index is -2.17. The van der Waals surface area contributed by atoms with Gasteiger partial charge in [0.15, 0.2) is 8.38 Å². The fourth-order valence-electron chi connectivity index (χ4n) is 1.10. The largest absolute Gasteiger partial charge is 0.349 e. The molecule has 15 heavy (non-hydrogen) atoms. The summed E-state index contributed by atoms with van der Waals surface area (Å²) >= 11 is 0. The van der Waals surface area contributed by atoms with Gasteiger partial charge in [0.25, 0.3) is 0 Å². The number of amides is 1. The van der Waals surface area contributed by atoms with Crippen molar-refractivity contribution in [1.82, 2.24) is 0 Å². The smallest absolute Gasteiger partial charge is 0.221 e. The van der Waals surface area contributed by atoms with Crippen molar-refractivity contribution in [2.45, 2.75) is 12.7 Å². The van der Waals surface area contributed by atoms with Gasteiger partial charge in [0.2, 0.25) is 5.91 Å². The molecule has 0 aliphatic heterocycles. The lowest BCUT2D eigenvalue weighted by atomic mass is 10.2. The fraction of sp³-hybridized carbons (Fsp3) is 0.222. The molecule has 1 rings (SSSR count). The van der Waals surface area contributed by atoms with Crippen LogP contribution in [-0.4, -0.2) is 15.7 Å². The lowest BCUT2D eigenvalue weighted by molar-refractivity contribution is -0.114. The quantitative estimate of drug-likeness (QED) is 0.578. The summed E-state index contributed by atoms with van der Waals surface area (Å²) in [4.78, 5) is 28.6. The third-order valence-corrected chi connectivity index (χ3v) is 2.62. The summed E-state index contributed by atoms with van der Waals surface area (Å²) < 4.78 is 0. The van der Waals surface area contributed by atoms with Crippen molar-refractivity contribution in [3.05, 3.63) is 29.8 Å². The van der Waals surface area contributed by atoms with Gasteiger partial charge in [-0.3, -0.25) is 4.79 Å². The normalized spacial score (nSPS) is 12.6. The van der Waals surface area contributed by atoms with E-state index in [2.05, 4.69) is 5.32 Å². The van der Waals surface area contributed by atoms with Gasteiger partial charge in [0.1, 0.15) is 5.78 Å². The van der Waals surface area contributed by atoms with Crippen molar-refractivity contribution in [1.29, 1.82) is 0 Å². The first-order chi connectivity index (χ1) is 7.00. The maximum Gasteiger partial charge on any atom is 0.221 e. The first-order valence-electron chi connectivity index (χ1n) is 4.31. The molecular weight excluding hydrogens is 215 g/mol. The molecule has 0 bridgehead atoms. The number of nitrogens with one attached hydrogen (secondary N) is 1. The Morgan fingerprint density at radius 2 is 1.93 bits per heavy atom.